The summed E-state index contributed by atoms with van der Waals surface area (Å²) in [5, 5.41) is 0. The van der Waals surface area contributed by atoms with Crippen LogP contribution in [0.4, 0.5) is 5.69 Å². The topological polar surface area (TPSA) is 55.6 Å². The van der Waals surface area contributed by atoms with E-state index in [0.29, 0.717) is 29.5 Å². The second kappa shape index (κ2) is 7.02. The lowest BCUT2D eigenvalue weighted by atomic mass is 10.1. The number of anilines is 1. The summed E-state index contributed by atoms with van der Waals surface area (Å²) in [6.45, 7) is 7.70. The zero-order valence-corrected chi connectivity index (χ0v) is 12.3. The van der Waals surface area contributed by atoms with Gasteiger partial charge in [0.05, 0.1) is 12.7 Å². The van der Waals surface area contributed by atoms with Crippen molar-refractivity contribution in [2.24, 2.45) is 5.92 Å². The molecule has 0 fully saturated rings. The number of nitrogen functional groups attached to an aromatic ring is 1. The molecule has 0 aromatic heterocycles. The molecular formula is C15H24N2O2. The van der Waals surface area contributed by atoms with Crippen molar-refractivity contribution < 1.29 is 9.53 Å². The minimum absolute atomic E-state index is 0.0213. The first-order valence-electron chi connectivity index (χ1n) is 6.76. The van der Waals surface area contributed by atoms with Gasteiger partial charge < -0.3 is 15.4 Å². The number of rotatable bonds is 6. The lowest BCUT2D eigenvalue weighted by Crippen LogP contribution is -2.34. The molecule has 0 aliphatic heterocycles. The van der Waals surface area contributed by atoms with E-state index in [0.717, 1.165) is 13.0 Å². The molecule has 0 saturated carbocycles. The normalized spacial score (nSPS) is 12.0. The molecule has 1 rings (SSSR count). The van der Waals surface area contributed by atoms with E-state index < -0.39 is 0 Å². The minimum Gasteiger partial charge on any atom is -0.496 e. The number of carbonyl (C=O) groups is 1. The molecule has 1 amide bonds. The van der Waals surface area contributed by atoms with Gasteiger partial charge >= 0.3 is 0 Å². The molecular weight excluding hydrogens is 240 g/mol. The number of nitrogens with zero attached hydrogens (tertiary/aromatic N) is 1. The van der Waals surface area contributed by atoms with Crippen LogP contribution < -0.4 is 10.5 Å². The van der Waals surface area contributed by atoms with Crippen molar-refractivity contribution >= 4 is 11.6 Å². The Morgan fingerprint density at radius 3 is 2.63 bits per heavy atom. The summed E-state index contributed by atoms with van der Waals surface area (Å²) in [7, 11) is 1.56. The molecule has 1 atom stereocenters. The molecule has 0 aliphatic rings. The van der Waals surface area contributed by atoms with E-state index in [1.54, 1.807) is 25.3 Å². The van der Waals surface area contributed by atoms with Gasteiger partial charge in [-0.05, 0) is 31.0 Å². The second-order valence-electron chi connectivity index (χ2n) is 4.82. The van der Waals surface area contributed by atoms with Crippen LogP contribution in [0.25, 0.3) is 0 Å². The van der Waals surface area contributed by atoms with Gasteiger partial charge in [0.1, 0.15) is 5.75 Å². The Kier molecular flexibility index (Phi) is 5.67. The number of ether oxygens (including phenoxy) is 1. The highest BCUT2D eigenvalue weighted by Crippen LogP contribution is 2.23. The van der Waals surface area contributed by atoms with Gasteiger partial charge in [-0.1, -0.05) is 20.3 Å². The molecule has 0 aliphatic carbocycles. The lowest BCUT2D eigenvalue weighted by molar-refractivity contribution is 0.0737. The van der Waals surface area contributed by atoms with E-state index >= 15 is 0 Å². The van der Waals surface area contributed by atoms with Gasteiger partial charge in [0.15, 0.2) is 0 Å². The van der Waals surface area contributed by atoms with Crippen molar-refractivity contribution in [1.29, 1.82) is 0 Å². The third kappa shape index (κ3) is 3.88. The Bertz CT molecular complexity index is 432. The van der Waals surface area contributed by atoms with Crippen molar-refractivity contribution in [3.05, 3.63) is 23.8 Å². The summed E-state index contributed by atoms with van der Waals surface area (Å²) in [5.74, 6) is 1.03. The maximum atomic E-state index is 12.5. The molecule has 1 aromatic carbocycles. The Balaban J connectivity index is 2.99. The third-order valence-corrected chi connectivity index (χ3v) is 3.35. The van der Waals surface area contributed by atoms with E-state index in [4.69, 9.17) is 10.5 Å². The van der Waals surface area contributed by atoms with Crippen LogP contribution in [0.15, 0.2) is 18.2 Å². The molecule has 0 bridgehead atoms. The van der Waals surface area contributed by atoms with Crippen LogP contribution >= 0.6 is 0 Å². The van der Waals surface area contributed by atoms with E-state index in [9.17, 15) is 4.79 Å². The molecule has 0 heterocycles. The van der Waals surface area contributed by atoms with Gasteiger partial charge in [0.2, 0.25) is 0 Å². The van der Waals surface area contributed by atoms with E-state index in [2.05, 4.69) is 13.8 Å². The zero-order valence-electron chi connectivity index (χ0n) is 12.3. The third-order valence-electron chi connectivity index (χ3n) is 3.35. The summed E-state index contributed by atoms with van der Waals surface area (Å²) in [4.78, 5) is 14.4. The molecule has 0 radical (unpaired) electrons. The van der Waals surface area contributed by atoms with Crippen molar-refractivity contribution in [3.8, 4) is 5.75 Å². The standard InChI is InChI=1S/C15H24N2O2/c1-5-11(3)10-17(6-2)15(18)13-9-12(16)7-8-14(13)19-4/h7-9,11H,5-6,10,16H2,1-4H3. The number of carbonyl (C=O) groups excluding carboxylic acids is 1. The summed E-state index contributed by atoms with van der Waals surface area (Å²) in [6.07, 6.45) is 1.05. The summed E-state index contributed by atoms with van der Waals surface area (Å²) >= 11 is 0. The van der Waals surface area contributed by atoms with Gasteiger partial charge in [-0.2, -0.15) is 0 Å². The summed E-state index contributed by atoms with van der Waals surface area (Å²) in [6, 6.07) is 5.15. The SMILES string of the molecule is CCC(C)CN(CC)C(=O)c1cc(N)ccc1OC. The second-order valence-corrected chi connectivity index (χ2v) is 4.82. The van der Waals surface area contributed by atoms with Crippen LogP contribution in [-0.4, -0.2) is 31.0 Å². The average Bonchev–Trinajstić information content (AvgIpc) is 2.43. The van der Waals surface area contributed by atoms with Crippen molar-refractivity contribution in [1.82, 2.24) is 4.90 Å². The number of hydrogen-bond acceptors (Lipinski definition) is 3. The zero-order chi connectivity index (χ0) is 14.4. The molecule has 2 N–H and O–H groups in total. The lowest BCUT2D eigenvalue weighted by Gasteiger charge is -2.25. The quantitative estimate of drug-likeness (QED) is 0.804. The highest BCUT2D eigenvalue weighted by molar-refractivity contribution is 5.97. The van der Waals surface area contributed by atoms with Crippen molar-refractivity contribution in [3.63, 3.8) is 0 Å². The van der Waals surface area contributed by atoms with Gasteiger partial charge in [-0.15, -0.1) is 0 Å². The maximum absolute atomic E-state index is 12.5. The maximum Gasteiger partial charge on any atom is 0.257 e. The molecule has 0 saturated heterocycles. The first-order chi connectivity index (χ1) is 9.03. The van der Waals surface area contributed by atoms with Crippen LogP contribution in [0.2, 0.25) is 0 Å². The Hall–Kier alpha value is -1.71. The number of amides is 1. The van der Waals surface area contributed by atoms with Gasteiger partial charge in [0.25, 0.3) is 5.91 Å². The van der Waals surface area contributed by atoms with E-state index in [-0.39, 0.29) is 5.91 Å². The smallest absolute Gasteiger partial charge is 0.257 e. The Morgan fingerprint density at radius 2 is 2.11 bits per heavy atom. The van der Waals surface area contributed by atoms with E-state index in [1.807, 2.05) is 11.8 Å². The highest BCUT2D eigenvalue weighted by atomic mass is 16.5. The highest BCUT2D eigenvalue weighted by Gasteiger charge is 2.20. The van der Waals surface area contributed by atoms with Crippen molar-refractivity contribution in [2.75, 3.05) is 25.9 Å². The first-order valence-corrected chi connectivity index (χ1v) is 6.76. The Morgan fingerprint density at radius 1 is 1.42 bits per heavy atom. The van der Waals surface area contributed by atoms with Crippen LogP contribution in [-0.2, 0) is 0 Å². The fourth-order valence-corrected chi connectivity index (χ4v) is 1.92. The monoisotopic (exact) mass is 264 g/mol. The molecule has 19 heavy (non-hydrogen) atoms. The fraction of sp³-hybridized carbons (Fsp3) is 0.533. The summed E-state index contributed by atoms with van der Waals surface area (Å²) < 4.78 is 5.24. The number of nitrogens with two attached hydrogens (primary N) is 1. The molecule has 106 valence electrons. The van der Waals surface area contributed by atoms with Gasteiger partial charge in [-0.3, -0.25) is 4.79 Å². The van der Waals surface area contributed by atoms with Crippen LogP contribution in [0, 0.1) is 5.92 Å². The Labute approximate surface area is 115 Å². The molecule has 4 heteroatoms. The minimum atomic E-state index is -0.0213. The predicted octanol–water partition coefficient (Wildman–Crippen LogP) is 2.79. The fourth-order valence-electron chi connectivity index (χ4n) is 1.92. The van der Waals surface area contributed by atoms with Crippen LogP contribution in [0.5, 0.6) is 5.75 Å². The van der Waals surface area contributed by atoms with Crippen LogP contribution in [0.3, 0.4) is 0 Å². The molecule has 1 unspecified atom stereocenters. The largest absolute Gasteiger partial charge is 0.496 e. The average molecular weight is 264 g/mol. The number of hydrogen-bond donors (Lipinski definition) is 1. The van der Waals surface area contributed by atoms with Crippen LogP contribution in [0.1, 0.15) is 37.6 Å². The predicted molar refractivity (Wildman–Crippen MR) is 78.4 cm³/mol. The van der Waals surface area contributed by atoms with Gasteiger partial charge in [0, 0.05) is 18.8 Å². The van der Waals surface area contributed by atoms with Crippen molar-refractivity contribution in [2.45, 2.75) is 27.2 Å². The molecule has 1 aromatic rings. The van der Waals surface area contributed by atoms with Gasteiger partial charge in [-0.25, -0.2) is 0 Å². The molecule has 0 spiro atoms. The summed E-state index contributed by atoms with van der Waals surface area (Å²) in [5.41, 5.74) is 6.87. The number of benzene rings is 1. The molecule has 4 nitrogen and oxygen atoms in total. The van der Waals surface area contributed by atoms with E-state index in [1.165, 1.54) is 0 Å². The number of methoxy groups -OCH3 is 1. The first kappa shape index (κ1) is 15.3.